The number of aryl methyl sites for hydroxylation is 3. The molecule has 2 aromatic rings. The molecule has 0 fully saturated rings. The summed E-state index contributed by atoms with van der Waals surface area (Å²) in [7, 11) is 2.08. The zero-order valence-corrected chi connectivity index (χ0v) is 8.96. The quantitative estimate of drug-likeness (QED) is 0.731. The average molecular weight is 188 g/mol. The summed E-state index contributed by atoms with van der Waals surface area (Å²) in [5, 5.41) is 1.30. The molecule has 0 atom stereocenters. The number of nitrogens with zero attached hydrogens (tertiary/aromatic N) is 1. The van der Waals surface area contributed by atoms with Gasteiger partial charge >= 0.3 is 0 Å². The van der Waals surface area contributed by atoms with Crippen LogP contribution in [0.2, 0.25) is 0 Å². The fourth-order valence-electron chi connectivity index (χ4n) is 2.18. The van der Waals surface area contributed by atoms with Gasteiger partial charge in [0.25, 0.3) is 0 Å². The number of rotatable bonds is 1. The van der Waals surface area contributed by atoms with Crippen LogP contribution in [0, 0.1) is 13.8 Å². The van der Waals surface area contributed by atoms with Crippen LogP contribution in [-0.4, -0.2) is 4.57 Å². The number of benzene rings is 1. The van der Waals surface area contributed by atoms with Gasteiger partial charge in [0.15, 0.2) is 0 Å². The SMILES string of the molecule is Cc1cc(C)c2c(c1)cc(CN)n2C. The van der Waals surface area contributed by atoms with Gasteiger partial charge in [0, 0.05) is 24.7 Å². The minimum absolute atomic E-state index is 0.601. The Morgan fingerprint density at radius 1 is 1.21 bits per heavy atom. The van der Waals surface area contributed by atoms with E-state index in [-0.39, 0.29) is 0 Å². The van der Waals surface area contributed by atoms with Crippen molar-refractivity contribution in [3.63, 3.8) is 0 Å². The Kier molecular flexibility index (Phi) is 2.08. The summed E-state index contributed by atoms with van der Waals surface area (Å²) in [6.45, 7) is 4.88. The molecule has 0 radical (unpaired) electrons. The summed E-state index contributed by atoms with van der Waals surface area (Å²) in [4.78, 5) is 0. The molecule has 0 spiro atoms. The molecule has 14 heavy (non-hydrogen) atoms. The highest BCUT2D eigenvalue weighted by molar-refractivity contribution is 5.85. The van der Waals surface area contributed by atoms with Crippen LogP contribution >= 0.6 is 0 Å². The van der Waals surface area contributed by atoms with E-state index < -0.39 is 0 Å². The van der Waals surface area contributed by atoms with Gasteiger partial charge in [0.2, 0.25) is 0 Å². The van der Waals surface area contributed by atoms with Crippen LogP contribution in [-0.2, 0) is 13.6 Å². The second-order valence-corrected chi connectivity index (χ2v) is 3.92. The Morgan fingerprint density at radius 3 is 2.57 bits per heavy atom. The third-order valence-corrected chi connectivity index (χ3v) is 2.77. The Bertz CT molecular complexity index is 481. The maximum Gasteiger partial charge on any atom is 0.0510 e. The Morgan fingerprint density at radius 2 is 1.93 bits per heavy atom. The molecule has 0 aliphatic carbocycles. The smallest absolute Gasteiger partial charge is 0.0510 e. The summed E-state index contributed by atoms with van der Waals surface area (Å²) in [5.74, 6) is 0. The first-order valence-corrected chi connectivity index (χ1v) is 4.89. The maximum absolute atomic E-state index is 5.68. The van der Waals surface area contributed by atoms with E-state index in [1.165, 1.54) is 27.7 Å². The molecular formula is C12H16N2. The second kappa shape index (κ2) is 3.14. The lowest BCUT2D eigenvalue weighted by atomic mass is 10.1. The van der Waals surface area contributed by atoms with E-state index in [0.29, 0.717) is 6.54 Å². The van der Waals surface area contributed by atoms with Crippen LogP contribution in [0.25, 0.3) is 10.9 Å². The molecule has 1 aromatic heterocycles. The summed E-state index contributed by atoms with van der Waals surface area (Å²) in [6, 6.07) is 6.60. The van der Waals surface area contributed by atoms with Crippen molar-refractivity contribution in [3.05, 3.63) is 35.0 Å². The van der Waals surface area contributed by atoms with Crippen LogP contribution < -0.4 is 5.73 Å². The molecule has 1 aromatic carbocycles. The summed E-state index contributed by atoms with van der Waals surface area (Å²) in [6.07, 6.45) is 0. The van der Waals surface area contributed by atoms with Crippen LogP contribution in [0.15, 0.2) is 18.2 Å². The van der Waals surface area contributed by atoms with Gasteiger partial charge in [0.05, 0.1) is 5.52 Å². The number of hydrogen-bond donors (Lipinski definition) is 1. The summed E-state index contributed by atoms with van der Waals surface area (Å²) in [5.41, 5.74) is 10.8. The highest BCUT2D eigenvalue weighted by Crippen LogP contribution is 2.23. The number of fused-ring (bicyclic) bond motifs is 1. The highest BCUT2D eigenvalue weighted by atomic mass is 15.0. The molecule has 2 rings (SSSR count). The third kappa shape index (κ3) is 1.23. The average Bonchev–Trinajstić information content (AvgIpc) is 2.42. The van der Waals surface area contributed by atoms with E-state index in [9.17, 15) is 0 Å². The van der Waals surface area contributed by atoms with Gasteiger partial charge in [-0.05, 0) is 31.5 Å². The third-order valence-electron chi connectivity index (χ3n) is 2.77. The fraction of sp³-hybridized carbons (Fsp3) is 0.333. The predicted octanol–water partition coefficient (Wildman–Crippen LogP) is 2.25. The van der Waals surface area contributed by atoms with E-state index in [4.69, 9.17) is 5.73 Å². The molecule has 2 heteroatoms. The van der Waals surface area contributed by atoms with Crippen molar-refractivity contribution in [1.29, 1.82) is 0 Å². The molecule has 0 amide bonds. The molecule has 0 saturated carbocycles. The molecule has 1 heterocycles. The maximum atomic E-state index is 5.68. The minimum atomic E-state index is 0.601. The normalized spacial score (nSPS) is 11.1. The molecule has 0 aliphatic heterocycles. The van der Waals surface area contributed by atoms with Gasteiger partial charge in [0.1, 0.15) is 0 Å². The summed E-state index contributed by atoms with van der Waals surface area (Å²) >= 11 is 0. The Hall–Kier alpha value is -1.28. The van der Waals surface area contributed by atoms with Crippen molar-refractivity contribution in [2.24, 2.45) is 12.8 Å². The van der Waals surface area contributed by atoms with Crippen LogP contribution in [0.1, 0.15) is 16.8 Å². The lowest BCUT2D eigenvalue weighted by Gasteiger charge is -2.04. The van der Waals surface area contributed by atoms with Crippen molar-refractivity contribution in [1.82, 2.24) is 4.57 Å². The first-order chi connectivity index (χ1) is 6.63. The molecule has 0 bridgehead atoms. The van der Waals surface area contributed by atoms with Crippen molar-refractivity contribution < 1.29 is 0 Å². The van der Waals surface area contributed by atoms with Gasteiger partial charge < -0.3 is 10.3 Å². The van der Waals surface area contributed by atoms with E-state index in [0.717, 1.165) is 0 Å². The van der Waals surface area contributed by atoms with Crippen molar-refractivity contribution >= 4 is 10.9 Å². The minimum Gasteiger partial charge on any atom is -0.346 e. The Balaban J connectivity index is 2.85. The van der Waals surface area contributed by atoms with Gasteiger partial charge in [-0.25, -0.2) is 0 Å². The summed E-state index contributed by atoms with van der Waals surface area (Å²) < 4.78 is 2.18. The molecule has 0 saturated heterocycles. The van der Waals surface area contributed by atoms with E-state index in [1.807, 2.05) is 0 Å². The lowest BCUT2D eigenvalue weighted by Crippen LogP contribution is -2.03. The largest absolute Gasteiger partial charge is 0.346 e. The predicted molar refractivity (Wildman–Crippen MR) is 60.3 cm³/mol. The monoisotopic (exact) mass is 188 g/mol. The number of nitrogens with two attached hydrogens (primary N) is 1. The van der Waals surface area contributed by atoms with Gasteiger partial charge in [-0.15, -0.1) is 0 Å². The molecule has 2 N–H and O–H groups in total. The zero-order chi connectivity index (χ0) is 10.3. The number of aromatic nitrogens is 1. The first-order valence-electron chi connectivity index (χ1n) is 4.89. The molecule has 74 valence electrons. The topological polar surface area (TPSA) is 30.9 Å². The standard InChI is InChI=1S/C12H16N2/c1-8-4-9(2)12-10(5-8)6-11(7-13)14(12)3/h4-6H,7,13H2,1-3H3. The highest BCUT2D eigenvalue weighted by Gasteiger charge is 2.06. The second-order valence-electron chi connectivity index (χ2n) is 3.92. The van der Waals surface area contributed by atoms with Gasteiger partial charge in [-0.1, -0.05) is 11.6 Å². The molecule has 0 aliphatic rings. The van der Waals surface area contributed by atoms with Gasteiger partial charge in [-0.3, -0.25) is 0 Å². The van der Waals surface area contributed by atoms with E-state index >= 15 is 0 Å². The molecule has 2 nitrogen and oxygen atoms in total. The fourth-order valence-corrected chi connectivity index (χ4v) is 2.18. The van der Waals surface area contributed by atoms with Crippen LogP contribution in [0.4, 0.5) is 0 Å². The van der Waals surface area contributed by atoms with E-state index in [2.05, 4.69) is 43.7 Å². The van der Waals surface area contributed by atoms with Crippen molar-refractivity contribution in [2.75, 3.05) is 0 Å². The van der Waals surface area contributed by atoms with Crippen LogP contribution in [0.5, 0.6) is 0 Å². The van der Waals surface area contributed by atoms with Crippen molar-refractivity contribution in [3.8, 4) is 0 Å². The van der Waals surface area contributed by atoms with Gasteiger partial charge in [-0.2, -0.15) is 0 Å². The van der Waals surface area contributed by atoms with E-state index in [1.54, 1.807) is 0 Å². The lowest BCUT2D eigenvalue weighted by molar-refractivity contribution is 0.847. The van der Waals surface area contributed by atoms with Crippen molar-refractivity contribution in [2.45, 2.75) is 20.4 Å². The molecular weight excluding hydrogens is 172 g/mol. The molecule has 0 unspecified atom stereocenters. The first kappa shape index (κ1) is 9.28. The van der Waals surface area contributed by atoms with Crippen LogP contribution in [0.3, 0.4) is 0 Å². The number of hydrogen-bond acceptors (Lipinski definition) is 1. The zero-order valence-electron chi connectivity index (χ0n) is 8.96. The Labute approximate surface area is 84.3 Å².